The van der Waals surface area contributed by atoms with Gasteiger partial charge in [-0.1, -0.05) is 0 Å². The van der Waals surface area contributed by atoms with Crippen LogP contribution in [-0.4, -0.2) is 43.6 Å². The van der Waals surface area contributed by atoms with Gasteiger partial charge in [0.15, 0.2) is 0 Å². The highest BCUT2D eigenvalue weighted by atomic mass is 16.2. The summed E-state index contributed by atoms with van der Waals surface area (Å²) < 4.78 is 1.93. The monoisotopic (exact) mass is 299 g/mol. The van der Waals surface area contributed by atoms with Gasteiger partial charge in [-0.05, 0) is 37.3 Å². The van der Waals surface area contributed by atoms with Crippen molar-refractivity contribution in [3.8, 4) is 11.4 Å². The fourth-order valence-electron chi connectivity index (χ4n) is 3.02. The molecule has 1 saturated heterocycles. The molecule has 0 saturated carbocycles. The molecule has 0 radical (unpaired) electrons. The molecule has 2 aromatic heterocycles. The maximum Gasteiger partial charge on any atom is 0.219 e. The highest BCUT2D eigenvalue weighted by Gasteiger charge is 2.22. The fourth-order valence-corrected chi connectivity index (χ4v) is 3.02. The first-order valence-electron chi connectivity index (χ1n) is 7.68. The number of hydrogen-bond donors (Lipinski definition) is 0. The molecule has 0 spiro atoms. The Balaban J connectivity index is 1.66. The quantitative estimate of drug-likeness (QED) is 0.865. The zero-order valence-electron chi connectivity index (χ0n) is 13.1. The Morgan fingerprint density at radius 2 is 2.23 bits per heavy atom. The number of piperidine rings is 1. The van der Waals surface area contributed by atoms with Crippen LogP contribution in [0.15, 0.2) is 24.7 Å². The van der Waals surface area contributed by atoms with E-state index in [9.17, 15) is 4.79 Å². The predicted octanol–water partition coefficient (Wildman–Crippen LogP) is 1.68. The Morgan fingerprint density at radius 1 is 1.36 bits per heavy atom. The molecule has 1 aliphatic heterocycles. The number of aromatic nitrogens is 4. The molecule has 22 heavy (non-hydrogen) atoms. The van der Waals surface area contributed by atoms with Gasteiger partial charge in [0, 0.05) is 27.1 Å². The molecule has 1 amide bonds. The number of rotatable bonds is 3. The first-order chi connectivity index (χ1) is 10.6. The van der Waals surface area contributed by atoms with E-state index in [4.69, 9.17) is 0 Å². The molecule has 0 aromatic carbocycles. The van der Waals surface area contributed by atoms with E-state index in [0.717, 1.165) is 49.4 Å². The van der Waals surface area contributed by atoms with Crippen LogP contribution in [0.4, 0.5) is 0 Å². The summed E-state index contributed by atoms with van der Waals surface area (Å²) in [6.07, 6.45) is 6.64. The number of carbonyl (C=O) groups excluding carboxylic acids is 1. The summed E-state index contributed by atoms with van der Waals surface area (Å²) in [6, 6.07) is 4.02. The number of aryl methyl sites for hydroxylation is 1. The fraction of sp³-hybridized carbons (Fsp3) is 0.500. The lowest BCUT2D eigenvalue weighted by atomic mass is 9.93. The SMILES string of the molecule is CC(=O)N1CCC[C@H](Cc2ccc(-c3cncn3C)nn2)C1. The Morgan fingerprint density at radius 3 is 2.86 bits per heavy atom. The number of hydrogen-bond acceptors (Lipinski definition) is 4. The molecule has 0 bridgehead atoms. The first kappa shape index (κ1) is 14.7. The molecule has 2 aromatic rings. The third-order valence-electron chi connectivity index (χ3n) is 4.26. The van der Waals surface area contributed by atoms with Crippen molar-refractivity contribution in [3.05, 3.63) is 30.4 Å². The second-order valence-corrected chi connectivity index (χ2v) is 5.98. The smallest absolute Gasteiger partial charge is 0.219 e. The van der Waals surface area contributed by atoms with Crippen molar-refractivity contribution in [2.45, 2.75) is 26.2 Å². The molecule has 3 heterocycles. The molecule has 0 unspecified atom stereocenters. The van der Waals surface area contributed by atoms with E-state index in [0.29, 0.717) is 5.92 Å². The highest BCUT2D eigenvalue weighted by Crippen LogP contribution is 2.21. The van der Waals surface area contributed by atoms with Crippen molar-refractivity contribution in [1.82, 2.24) is 24.6 Å². The van der Waals surface area contributed by atoms with Crippen molar-refractivity contribution >= 4 is 5.91 Å². The molecule has 0 N–H and O–H groups in total. The Kier molecular flexibility index (Phi) is 4.18. The van der Waals surface area contributed by atoms with E-state index in [2.05, 4.69) is 15.2 Å². The molecule has 1 atom stereocenters. The third kappa shape index (κ3) is 3.16. The van der Waals surface area contributed by atoms with Gasteiger partial charge in [0.1, 0.15) is 5.69 Å². The molecule has 116 valence electrons. The van der Waals surface area contributed by atoms with Crippen LogP contribution in [-0.2, 0) is 18.3 Å². The second kappa shape index (κ2) is 6.25. The number of amides is 1. The standard InChI is InChI=1S/C16H21N5O/c1-12(22)21-7-3-4-13(10-21)8-14-5-6-15(19-18-14)16-9-17-11-20(16)2/h5-6,9,11,13H,3-4,7-8,10H2,1-2H3/t13-/m1/s1. The summed E-state index contributed by atoms with van der Waals surface area (Å²) in [5.41, 5.74) is 2.78. The zero-order chi connectivity index (χ0) is 15.5. The molecule has 6 nitrogen and oxygen atoms in total. The summed E-state index contributed by atoms with van der Waals surface area (Å²) in [4.78, 5) is 17.5. The highest BCUT2D eigenvalue weighted by molar-refractivity contribution is 5.73. The summed E-state index contributed by atoms with van der Waals surface area (Å²) >= 11 is 0. The van der Waals surface area contributed by atoms with Crippen molar-refractivity contribution in [2.24, 2.45) is 13.0 Å². The minimum Gasteiger partial charge on any atom is -0.343 e. The molecule has 1 fully saturated rings. The molecule has 1 aliphatic rings. The van der Waals surface area contributed by atoms with E-state index in [1.807, 2.05) is 28.6 Å². The van der Waals surface area contributed by atoms with Crippen molar-refractivity contribution in [3.63, 3.8) is 0 Å². The van der Waals surface area contributed by atoms with Gasteiger partial charge in [0.05, 0.1) is 23.9 Å². The van der Waals surface area contributed by atoms with E-state index in [1.165, 1.54) is 0 Å². The van der Waals surface area contributed by atoms with Crippen LogP contribution >= 0.6 is 0 Å². The van der Waals surface area contributed by atoms with Crippen molar-refractivity contribution in [2.75, 3.05) is 13.1 Å². The summed E-state index contributed by atoms with van der Waals surface area (Å²) in [7, 11) is 1.94. The van der Waals surface area contributed by atoms with Crippen molar-refractivity contribution < 1.29 is 4.79 Å². The van der Waals surface area contributed by atoms with Crippen LogP contribution in [0.2, 0.25) is 0 Å². The summed E-state index contributed by atoms with van der Waals surface area (Å²) in [6.45, 7) is 3.36. The third-order valence-corrected chi connectivity index (χ3v) is 4.26. The van der Waals surface area contributed by atoms with E-state index < -0.39 is 0 Å². The first-order valence-corrected chi connectivity index (χ1v) is 7.68. The maximum atomic E-state index is 11.5. The molecular formula is C16H21N5O. The van der Waals surface area contributed by atoms with Gasteiger partial charge in [-0.2, -0.15) is 5.10 Å². The normalized spacial score (nSPS) is 18.5. The summed E-state index contributed by atoms with van der Waals surface area (Å²) in [5.74, 6) is 0.650. The van der Waals surface area contributed by atoms with Gasteiger partial charge in [0.25, 0.3) is 0 Å². The van der Waals surface area contributed by atoms with E-state index in [1.54, 1.807) is 19.4 Å². The van der Waals surface area contributed by atoms with Crippen LogP contribution in [0.3, 0.4) is 0 Å². The van der Waals surface area contributed by atoms with Crippen LogP contribution < -0.4 is 0 Å². The van der Waals surface area contributed by atoms with E-state index in [-0.39, 0.29) is 5.91 Å². The average Bonchev–Trinajstić information content (AvgIpc) is 2.94. The lowest BCUT2D eigenvalue weighted by Crippen LogP contribution is -2.39. The molecule has 6 heteroatoms. The minimum absolute atomic E-state index is 0.169. The van der Waals surface area contributed by atoms with Crippen LogP contribution in [0, 0.1) is 5.92 Å². The number of carbonyl (C=O) groups is 1. The van der Waals surface area contributed by atoms with Crippen molar-refractivity contribution in [1.29, 1.82) is 0 Å². The van der Waals surface area contributed by atoms with Gasteiger partial charge in [-0.3, -0.25) is 4.79 Å². The molecule has 3 rings (SSSR count). The lowest BCUT2D eigenvalue weighted by Gasteiger charge is -2.31. The minimum atomic E-state index is 0.169. The lowest BCUT2D eigenvalue weighted by molar-refractivity contribution is -0.130. The van der Waals surface area contributed by atoms with Gasteiger partial charge in [0.2, 0.25) is 5.91 Å². The Bertz CT molecular complexity index is 649. The van der Waals surface area contributed by atoms with Gasteiger partial charge in [-0.25, -0.2) is 4.98 Å². The molecule has 0 aliphatic carbocycles. The van der Waals surface area contributed by atoms with E-state index >= 15 is 0 Å². The summed E-state index contributed by atoms with van der Waals surface area (Å²) in [5, 5.41) is 8.66. The number of likely N-dealkylation sites (tertiary alicyclic amines) is 1. The molecular weight excluding hydrogens is 278 g/mol. The van der Waals surface area contributed by atoms with Crippen LogP contribution in [0.1, 0.15) is 25.5 Å². The van der Waals surface area contributed by atoms with Crippen LogP contribution in [0.25, 0.3) is 11.4 Å². The van der Waals surface area contributed by atoms with Gasteiger partial charge in [-0.15, -0.1) is 5.10 Å². The van der Waals surface area contributed by atoms with Crippen LogP contribution in [0.5, 0.6) is 0 Å². The Labute approximate surface area is 130 Å². The largest absolute Gasteiger partial charge is 0.343 e. The zero-order valence-corrected chi connectivity index (χ0v) is 13.1. The Hall–Kier alpha value is -2.24. The predicted molar refractivity (Wildman–Crippen MR) is 82.9 cm³/mol. The van der Waals surface area contributed by atoms with Gasteiger partial charge < -0.3 is 9.47 Å². The van der Waals surface area contributed by atoms with Gasteiger partial charge >= 0.3 is 0 Å². The number of nitrogens with zero attached hydrogens (tertiary/aromatic N) is 5. The topological polar surface area (TPSA) is 63.9 Å². The second-order valence-electron chi connectivity index (χ2n) is 5.98. The number of imidazole rings is 1. The maximum absolute atomic E-state index is 11.5. The average molecular weight is 299 g/mol.